The molecule has 30 heavy (non-hydrogen) atoms. The van der Waals surface area contributed by atoms with E-state index in [0.717, 1.165) is 70.8 Å². The first-order valence-electron chi connectivity index (χ1n) is 10.2. The summed E-state index contributed by atoms with van der Waals surface area (Å²) >= 11 is 0. The zero-order valence-electron chi connectivity index (χ0n) is 16.8. The van der Waals surface area contributed by atoms with Gasteiger partial charge in [0.2, 0.25) is 5.91 Å². The van der Waals surface area contributed by atoms with Gasteiger partial charge in [0.1, 0.15) is 0 Å². The number of carbonyl (C=O) groups is 2. The molecule has 3 N–H and O–H groups in total. The summed E-state index contributed by atoms with van der Waals surface area (Å²) in [6.07, 6.45) is -2.77. The van der Waals surface area contributed by atoms with Gasteiger partial charge in [0.15, 0.2) is 0 Å². The van der Waals surface area contributed by atoms with E-state index in [-0.39, 0.29) is 24.2 Å². The van der Waals surface area contributed by atoms with E-state index in [4.69, 9.17) is 0 Å². The SMILES string of the molecule is O=C(CNC(=O)c1cccc(C(F)(F)F)c1)NC1CCCN1CCN1CCNCC1. The molecule has 1 aromatic rings. The van der Waals surface area contributed by atoms with Crippen LogP contribution in [-0.2, 0) is 11.0 Å². The Kier molecular flexibility index (Phi) is 7.68. The summed E-state index contributed by atoms with van der Waals surface area (Å²) in [4.78, 5) is 29.0. The number of nitrogens with zero attached hydrogens (tertiary/aromatic N) is 2. The summed E-state index contributed by atoms with van der Waals surface area (Å²) < 4.78 is 38.4. The van der Waals surface area contributed by atoms with E-state index in [0.29, 0.717) is 0 Å². The van der Waals surface area contributed by atoms with Crippen molar-refractivity contribution >= 4 is 11.8 Å². The summed E-state index contributed by atoms with van der Waals surface area (Å²) in [5.74, 6) is -1.06. The van der Waals surface area contributed by atoms with Crippen LogP contribution in [0.4, 0.5) is 13.2 Å². The van der Waals surface area contributed by atoms with Crippen molar-refractivity contribution in [2.45, 2.75) is 25.2 Å². The molecular formula is C20H28F3N5O2. The van der Waals surface area contributed by atoms with Gasteiger partial charge in [-0.25, -0.2) is 0 Å². The van der Waals surface area contributed by atoms with Crippen molar-refractivity contribution in [3.63, 3.8) is 0 Å². The first-order chi connectivity index (χ1) is 14.3. The molecular weight excluding hydrogens is 399 g/mol. The molecule has 2 aliphatic heterocycles. The minimum atomic E-state index is -4.52. The van der Waals surface area contributed by atoms with Gasteiger partial charge in [-0.2, -0.15) is 13.2 Å². The second kappa shape index (κ2) is 10.2. The van der Waals surface area contributed by atoms with E-state index in [1.165, 1.54) is 12.1 Å². The van der Waals surface area contributed by atoms with Crippen LogP contribution in [0.15, 0.2) is 24.3 Å². The van der Waals surface area contributed by atoms with Gasteiger partial charge >= 0.3 is 6.18 Å². The molecule has 1 atom stereocenters. The number of carbonyl (C=O) groups excluding carboxylic acids is 2. The maximum atomic E-state index is 12.8. The van der Waals surface area contributed by atoms with E-state index in [1.54, 1.807) is 0 Å². The fraction of sp³-hybridized carbons (Fsp3) is 0.600. The summed E-state index contributed by atoms with van der Waals surface area (Å²) in [5, 5.41) is 8.64. The predicted molar refractivity (Wildman–Crippen MR) is 106 cm³/mol. The van der Waals surface area contributed by atoms with Crippen molar-refractivity contribution in [1.29, 1.82) is 0 Å². The summed E-state index contributed by atoms with van der Waals surface area (Å²) in [6, 6.07) is 4.14. The minimum Gasteiger partial charge on any atom is -0.343 e. The van der Waals surface area contributed by atoms with Crippen LogP contribution in [0, 0.1) is 0 Å². The molecule has 2 saturated heterocycles. The Hall–Kier alpha value is -2.17. The Morgan fingerprint density at radius 1 is 1.13 bits per heavy atom. The van der Waals surface area contributed by atoms with E-state index in [1.807, 2.05) is 0 Å². The topological polar surface area (TPSA) is 76.7 Å². The number of rotatable bonds is 7. The molecule has 166 valence electrons. The van der Waals surface area contributed by atoms with Crippen LogP contribution in [0.25, 0.3) is 0 Å². The number of halogens is 3. The number of piperazine rings is 1. The van der Waals surface area contributed by atoms with Crippen molar-refractivity contribution in [3.05, 3.63) is 35.4 Å². The van der Waals surface area contributed by atoms with E-state index >= 15 is 0 Å². The van der Waals surface area contributed by atoms with Crippen LogP contribution in [0.2, 0.25) is 0 Å². The molecule has 1 aromatic carbocycles. The first kappa shape index (κ1) is 22.5. The molecule has 0 bridgehead atoms. The van der Waals surface area contributed by atoms with Crippen LogP contribution in [-0.4, -0.2) is 80.1 Å². The third-order valence-electron chi connectivity index (χ3n) is 5.47. The molecule has 2 fully saturated rings. The average molecular weight is 427 g/mol. The highest BCUT2D eigenvalue weighted by atomic mass is 19.4. The molecule has 2 aliphatic rings. The maximum absolute atomic E-state index is 12.8. The number of hydrogen-bond donors (Lipinski definition) is 3. The second-order valence-corrected chi connectivity index (χ2v) is 7.61. The molecule has 1 unspecified atom stereocenters. The molecule has 10 heteroatoms. The van der Waals surface area contributed by atoms with Gasteiger partial charge < -0.3 is 16.0 Å². The molecule has 0 saturated carbocycles. The summed E-state index contributed by atoms with van der Waals surface area (Å²) in [6.45, 7) is 6.46. The number of alkyl halides is 3. The van der Waals surface area contributed by atoms with Crippen molar-refractivity contribution < 1.29 is 22.8 Å². The molecule has 2 amide bonds. The fourth-order valence-corrected chi connectivity index (χ4v) is 3.80. The zero-order valence-corrected chi connectivity index (χ0v) is 16.8. The van der Waals surface area contributed by atoms with E-state index in [9.17, 15) is 22.8 Å². The standard InChI is InChI=1S/C20H28F3N5O2/c21-20(22,23)16-4-1-3-15(13-16)19(30)25-14-18(29)26-17-5-2-8-28(17)12-11-27-9-6-24-7-10-27/h1,3-4,13,17,24H,2,5-12,14H2,(H,25,30)(H,26,29). The van der Waals surface area contributed by atoms with E-state index < -0.39 is 17.6 Å². The van der Waals surface area contributed by atoms with Gasteiger partial charge in [-0.1, -0.05) is 6.07 Å². The lowest BCUT2D eigenvalue weighted by Crippen LogP contribution is -2.51. The van der Waals surface area contributed by atoms with Crippen LogP contribution in [0.3, 0.4) is 0 Å². The molecule has 0 aromatic heterocycles. The van der Waals surface area contributed by atoms with Gasteiger partial charge in [0, 0.05) is 51.4 Å². The largest absolute Gasteiger partial charge is 0.416 e. The number of nitrogens with one attached hydrogen (secondary N) is 3. The summed E-state index contributed by atoms with van der Waals surface area (Å²) in [7, 11) is 0. The number of benzene rings is 1. The Labute approximate surface area is 174 Å². The van der Waals surface area contributed by atoms with Gasteiger partial charge in [-0.15, -0.1) is 0 Å². The minimum absolute atomic E-state index is 0.0779. The zero-order chi connectivity index (χ0) is 21.6. The third-order valence-corrected chi connectivity index (χ3v) is 5.47. The van der Waals surface area contributed by atoms with Crippen molar-refractivity contribution in [2.75, 3.05) is 52.4 Å². The lowest BCUT2D eigenvalue weighted by Gasteiger charge is -2.31. The van der Waals surface area contributed by atoms with Crippen LogP contribution in [0.5, 0.6) is 0 Å². The molecule has 7 nitrogen and oxygen atoms in total. The van der Waals surface area contributed by atoms with Crippen molar-refractivity contribution in [3.8, 4) is 0 Å². The molecule has 0 spiro atoms. The highest BCUT2D eigenvalue weighted by Gasteiger charge is 2.31. The lowest BCUT2D eigenvalue weighted by atomic mass is 10.1. The van der Waals surface area contributed by atoms with Crippen LogP contribution < -0.4 is 16.0 Å². The van der Waals surface area contributed by atoms with Crippen molar-refractivity contribution in [2.24, 2.45) is 0 Å². The highest BCUT2D eigenvalue weighted by molar-refractivity contribution is 5.96. The quantitative estimate of drug-likeness (QED) is 0.602. The molecule has 0 aliphatic carbocycles. The molecule has 3 rings (SSSR count). The molecule has 0 radical (unpaired) electrons. The smallest absolute Gasteiger partial charge is 0.343 e. The average Bonchev–Trinajstić information content (AvgIpc) is 3.17. The number of likely N-dealkylation sites (tertiary alicyclic amines) is 1. The van der Waals surface area contributed by atoms with Crippen LogP contribution in [0.1, 0.15) is 28.8 Å². The first-order valence-corrected chi connectivity index (χ1v) is 10.2. The van der Waals surface area contributed by atoms with Crippen molar-refractivity contribution in [1.82, 2.24) is 25.8 Å². The summed E-state index contributed by atoms with van der Waals surface area (Å²) in [5.41, 5.74) is -1.03. The predicted octanol–water partition coefficient (Wildman–Crippen LogP) is 0.879. The normalized spacial score (nSPS) is 20.8. The Morgan fingerprint density at radius 2 is 1.90 bits per heavy atom. The van der Waals surface area contributed by atoms with Gasteiger partial charge in [-0.3, -0.25) is 19.4 Å². The Balaban J connectivity index is 1.44. The number of amides is 2. The second-order valence-electron chi connectivity index (χ2n) is 7.61. The third kappa shape index (κ3) is 6.41. The Bertz CT molecular complexity index is 737. The van der Waals surface area contributed by atoms with E-state index in [2.05, 4.69) is 25.8 Å². The van der Waals surface area contributed by atoms with Gasteiger partial charge in [0.25, 0.3) is 5.91 Å². The van der Waals surface area contributed by atoms with Crippen LogP contribution >= 0.6 is 0 Å². The number of hydrogen-bond acceptors (Lipinski definition) is 5. The monoisotopic (exact) mass is 427 g/mol. The van der Waals surface area contributed by atoms with Gasteiger partial charge in [-0.05, 0) is 31.0 Å². The maximum Gasteiger partial charge on any atom is 0.416 e. The van der Waals surface area contributed by atoms with Gasteiger partial charge in [0.05, 0.1) is 18.3 Å². The fourth-order valence-electron chi connectivity index (χ4n) is 3.80. The Morgan fingerprint density at radius 3 is 2.63 bits per heavy atom. The highest BCUT2D eigenvalue weighted by Crippen LogP contribution is 2.29. The lowest BCUT2D eigenvalue weighted by molar-refractivity contribution is -0.137. The molecule has 2 heterocycles.